The van der Waals surface area contributed by atoms with E-state index in [-0.39, 0.29) is 12.0 Å². The summed E-state index contributed by atoms with van der Waals surface area (Å²) in [6.07, 6.45) is 3.34. The molecular formula is C12H16N2O2. The van der Waals surface area contributed by atoms with Crippen molar-refractivity contribution in [1.82, 2.24) is 4.98 Å². The van der Waals surface area contributed by atoms with Crippen molar-refractivity contribution < 1.29 is 9.53 Å². The summed E-state index contributed by atoms with van der Waals surface area (Å²) in [5.41, 5.74) is 2.48. The van der Waals surface area contributed by atoms with E-state index in [0.29, 0.717) is 0 Å². The molecule has 16 heavy (non-hydrogen) atoms. The SMILES string of the molecule is COC(=O)C(C)Nc1ccc2c(n1)CCC2. The van der Waals surface area contributed by atoms with E-state index in [1.165, 1.54) is 19.1 Å². The highest BCUT2D eigenvalue weighted by Gasteiger charge is 2.16. The number of hydrogen-bond donors (Lipinski definition) is 1. The predicted octanol–water partition coefficient (Wildman–Crippen LogP) is 1.54. The number of rotatable bonds is 3. The minimum atomic E-state index is -0.364. The highest BCUT2D eigenvalue weighted by molar-refractivity contribution is 5.78. The van der Waals surface area contributed by atoms with Crippen molar-refractivity contribution in [3.8, 4) is 0 Å². The number of fused-ring (bicyclic) bond motifs is 1. The molecule has 4 heteroatoms. The van der Waals surface area contributed by atoms with Gasteiger partial charge in [-0.2, -0.15) is 0 Å². The zero-order valence-electron chi connectivity index (χ0n) is 9.62. The Morgan fingerprint density at radius 1 is 1.50 bits per heavy atom. The fourth-order valence-electron chi connectivity index (χ4n) is 1.96. The highest BCUT2D eigenvalue weighted by Crippen LogP contribution is 2.21. The Morgan fingerprint density at radius 2 is 2.31 bits per heavy atom. The molecule has 1 aromatic heterocycles. The second kappa shape index (κ2) is 4.51. The van der Waals surface area contributed by atoms with Gasteiger partial charge in [0.15, 0.2) is 0 Å². The largest absolute Gasteiger partial charge is 0.467 e. The maximum absolute atomic E-state index is 11.2. The molecule has 1 aliphatic carbocycles. The van der Waals surface area contributed by atoms with Crippen molar-refractivity contribution in [3.63, 3.8) is 0 Å². The number of carbonyl (C=O) groups excluding carboxylic acids is 1. The second-order valence-corrected chi connectivity index (χ2v) is 4.05. The number of anilines is 1. The molecule has 86 valence electrons. The number of nitrogens with zero attached hydrogens (tertiary/aromatic N) is 1. The van der Waals surface area contributed by atoms with Gasteiger partial charge in [0, 0.05) is 5.69 Å². The molecule has 1 N–H and O–H groups in total. The predicted molar refractivity (Wildman–Crippen MR) is 61.4 cm³/mol. The summed E-state index contributed by atoms with van der Waals surface area (Å²) in [6.45, 7) is 1.76. The van der Waals surface area contributed by atoms with Gasteiger partial charge in [-0.1, -0.05) is 6.07 Å². The van der Waals surface area contributed by atoms with Crippen LogP contribution in [-0.2, 0) is 22.4 Å². The quantitative estimate of drug-likeness (QED) is 0.785. The van der Waals surface area contributed by atoms with Gasteiger partial charge in [0.2, 0.25) is 0 Å². The minimum absolute atomic E-state index is 0.276. The zero-order valence-corrected chi connectivity index (χ0v) is 9.62. The molecule has 0 radical (unpaired) electrons. The summed E-state index contributed by atoms with van der Waals surface area (Å²) in [7, 11) is 1.39. The van der Waals surface area contributed by atoms with E-state index in [2.05, 4.69) is 21.1 Å². The summed E-state index contributed by atoms with van der Waals surface area (Å²) >= 11 is 0. The zero-order chi connectivity index (χ0) is 11.5. The van der Waals surface area contributed by atoms with Gasteiger partial charge in [0.1, 0.15) is 11.9 Å². The van der Waals surface area contributed by atoms with Crippen molar-refractivity contribution in [2.45, 2.75) is 32.2 Å². The first-order valence-electron chi connectivity index (χ1n) is 5.54. The van der Waals surface area contributed by atoms with E-state index < -0.39 is 0 Å². The van der Waals surface area contributed by atoms with Crippen LogP contribution in [0.2, 0.25) is 0 Å². The Kier molecular flexibility index (Phi) is 3.08. The van der Waals surface area contributed by atoms with Gasteiger partial charge < -0.3 is 10.1 Å². The molecule has 1 heterocycles. The van der Waals surface area contributed by atoms with Crippen molar-refractivity contribution in [1.29, 1.82) is 0 Å². The molecule has 0 fully saturated rings. The first-order chi connectivity index (χ1) is 7.70. The van der Waals surface area contributed by atoms with E-state index in [9.17, 15) is 4.79 Å². The highest BCUT2D eigenvalue weighted by atomic mass is 16.5. The van der Waals surface area contributed by atoms with Crippen LogP contribution in [0.25, 0.3) is 0 Å². The number of aryl methyl sites for hydroxylation is 2. The van der Waals surface area contributed by atoms with Crippen LogP contribution in [0.3, 0.4) is 0 Å². The Balaban J connectivity index is 2.08. The van der Waals surface area contributed by atoms with E-state index in [1.54, 1.807) is 6.92 Å². The van der Waals surface area contributed by atoms with E-state index in [4.69, 9.17) is 0 Å². The fraction of sp³-hybridized carbons (Fsp3) is 0.500. The van der Waals surface area contributed by atoms with Crippen LogP contribution >= 0.6 is 0 Å². The third-order valence-corrected chi connectivity index (χ3v) is 2.85. The van der Waals surface area contributed by atoms with Gasteiger partial charge in [-0.3, -0.25) is 0 Å². The van der Waals surface area contributed by atoms with Crippen LogP contribution in [0.15, 0.2) is 12.1 Å². The summed E-state index contributed by atoms with van der Waals surface area (Å²) in [5, 5.41) is 3.04. The Labute approximate surface area is 95.0 Å². The van der Waals surface area contributed by atoms with E-state index in [0.717, 1.165) is 24.4 Å². The molecule has 0 aliphatic heterocycles. The Bertz CT molecular complexity index is 404. The molecule has 4 nitrogen and oxygen atoms in total. The smallest absolute Gasteiger partial charge is 0.328 e. The molecule has 0 saturated carbocycles. The molecule has 1 aliphatic rings. The lowest BCUT2D eigenvalue weighted by Gasteiger charge is -2.12. The van der Waals surface area contributed by atoms with Crippen molar-refractivity contribution in [3.05, 3.63) is 23.4 Å². The van der Waals surface area contributed by atoms with Gasteiger partial charge in [-0.15, -0.1) is 0 Å². The maximum Gasteiger partial charge on any atom is 0.328 e. The third-order valence-electron chi connectivity index (χ3n) is 2.85. The number of ether oxygens (including phenoxy) is 1. The van der Waals surface area contributed by atoms with Gasteiger partial charge >= 0.3 is 5.97 Å². The number of methoxy groups -OCH3 is 1. The lowest BCUT2D eigenvalue weighted by Crippen LogP contribution is -2.27. The van der Waals surface area contributed by atoms with E-state index in [1.807, 2.05) is 6.07 Å². The normalized spacial score (nSPS) is 15.4. The molecule has 0 bridgehead atoms. The van der Waals surface area contributed by atoms with Crippen LogP contribution < -0.4 is 5.32 Å². The first-order valence-corrected chi connectivity index (χ1v) is 5.54. The van der Waals surface area contributed by atoms with E-state index >= 15 is 0 Å². The van der Waals surface area contributed by atoms with Gasteiger partial charge in [0.25, 0.3) is 0 Å². The lowest BCUT2D eigenvalue weighted by molar-refractivity contribution is -0.141. The van der Waals surface area contributed by atoms with Gasteiger partial charge in [0.05, 0.1) is 7.11 Å². The molecule has 0 amide bonds. The summed E-state index contributed by atoms with van der Waals surface area (Å²) in [6, 6.07) is 3.64. The molecule has 1 atom stereocenters. The fourth-order valence-corrected chi connectivity index (χ4v) is 1.96. The third kappa shape index (κ3) is 2.15. The molecule has 2 rings (SSSR count). The number of hydrogen-bond acceptors (Lipinski definition) is 4. The molecular weight excluding hydrogens is 204 g/mol. The standard InChI is InChI=1S/C12H16N2O2/c1-8(12(15)16-2)13-11-7-6-9-4-3-5-10(9)14-11/h6-8H,3-5H2,1-2H3,(H,13,14). The Hall–Kier alpha value is -1.58. The van der Waals surface area contributed by atoms with Gasteiger partial charge in [-0.05, 0) is 37.8 Å². The van der Waals surface area contributed by atoms with Crippen LogP contribution in [0.5, 0.6) is 0 Å². The van der Waals surface area contributed by atoms with Gasteiger partial charge in [-0.25, -0.2) is 9.78 Å². The lowest BCUT2D eigenvalue weighted by atomic mass is 10.2. The average molecular weight is 220 g/mol. The molecule has 1 unspecified atom stereocenters. The molecule has 0 saturated heterocycles. The molecule has 0 aromatic carbocycles. The van der Waals surface area contributed by atoms with Crippen molar-refractivity contribution in [2.75, 3.05) is 12.4 Å². The Morgan fingerprint density at radius 3 is 3.06 bits per heavy atom. The molecule has 1 aromatic rings. The van der Waals surface area contributed by atoms with Crippen molar-refractivity contribution >= 4 is 11.8 Å². The number of esters is 1. The van der Waals surface area contributed by atoms with Crippen molar-refractivity contribution in [2.24, 2.45) is 0 Å². The van der Waals surface area contributed by atoms with Crippen LogP contribution in [0.1, 0.15) is 24.6 Å². The summed E-state index contributed by atoms with van der Waals surface area (Å²) in [4.78, 5) is 15.7. The number of pyridine rings is 1. The topological polar surface area (TPSA) is 51.2 Å². The summed E-state index contributed by atoms with van der Waals surface area (Å²) in [5.74, 6) is 0.473. The number of nitrogens with one attached hydrogen (secondary N) is 1. The van der Waals surface area contributed by atoms with Crippen LogP contribution in [0, 0.1) is 0 Å². The number of aromatic nitrogens is 1. The minimum Gasteiger partial charge on any atom is -0.467 e. The second-order valence-electron chi connectivity index (χ2n) is 4.05. The average Bonchev–Trinajstić information content (AvgIpc) is 2.75. The maximum atomic E-state index is 11.2. The number of carbonyl (C=O) groups is 1. The van der Waals surface area contributed by atoms with Crippen LogP contribution in [-0.4, -0.2) is 24.1 Å². The monoisotopic (exact) mass is 220 g/mol. The summed E-state index contributed by atoms with van der Waals surface area (Å²) < 4.78 is 4.65. The molecule has 0 spiro atoms. The van der Waals surface area contributed by atoms with Crippen LogP contribution in [0.4, 0.5) is 5.82 Å². The first kappa shape index (κ1) is 10.9.